The number of nitrogens with one attached hydrogen (secondary N) is 1. The van der Waals surface area contributed by atoms with E-state index in [9.17, 15) is 4.79 Å². The zero-order chi connectivity index (χ0) is 20.1. The van der Waals surface area contributed by atoms with Crippen LogP contribution in [0.25, 0.3) is 11.3 Å². The van der Waals surface area contributed by atoms with E-state index in [4.69, 9.17) is 4.98 Å². The van der Waals surface area contributed by atoms with Crippen LogP contribution in [0.3, 0.4) is 0 Å². The van der Waals surface area contributed by atoms with Gasteiger partial charge in [0, 0.05) is 36.6 Å². The predicted octanol–water partition coefficient (Wildman–Crippen LogP) is 4.69. The monoisotopic (exact) mass is 405 g/mol. The minimum atomic E-state index is -0.222. The summed E-state index contributed by atoms with van der Waals surface area (Å²) >= 11 is 1.56. The molecule has 3 aromatic rings. The number of nitrogens with zero attached hydrogens (tertiary/aromatic N) is 2. The minimum absolute atomic E-state index is 0.0838. The zero-order valence-electron chi connectivity index (χ0n) is 16.8. The molecule has 1 aromatic heterocycles. The largest absolute Gasteiger partial charge is 0.353 e. The molecule has 2 aromatic carbocycles. The van der Waals surface area contributed by atoms with Gasteiger partial charge in [0.1, 0.15) is 5.01 Å². The van der Waals surface area contributed by atoms with Gasteiger partial charge in [0.25, 0.3) is 0 Å². The summed E-state index contributed by atoms with van der Waals surface area (Å²) in [5.74, 6) is -0.139. The van der Waals surface area contributed by atoms with Crippen molar-refractivity contribution in [3.05, 3.63) is 76.6 Å². The van der Waals surface area contributed by atoms with E-state index < -0.39 is 0 Å². The SMILES string of the molecule is CC(C(=O)NC1CCN(Cc2ccccc2)CC1)c1nc(-c2ccccc2)cs1. The highest BCUT2D eigenvalue weighted by atomic mass is 32.1. The molecule has 1 N–H and O–H groups in total. The Bertz CT molecular complexity index is 918. The smallest absolute Gasteiger partial charge is 0.229 e. The van der Waals surface area contributed by atoms with Gasteiger partial charge in [-0.1, -0.05) is 60.7 Å². The van der Waals surface area contributed by atoms with Crippen molar-refractivity contribution >= 4 is 17.2 Å². The summed E-state index contributed by atoms with van der Waals surface area (Å²) in [6.45, 7) is 4.97. The highest BCUT2D eigenvalue weighted by molar-refractivity contribution is 7.10. The van der Waals surface area contributed by atoms with Crippen LogP contribution in [0, 0.1) is 0 Å². The van der Waals surface area contributed by atoms with Crippen molar-refractivity contribution in [3.63, 3.8) is 0 Å². The summed E-state index contributed by atoms with van der Waals surface area (Å²) < 4.78 is 0. The second kappa shape index (κ2) is 9.33. The van der Waals surface area contributed by atoms with E-state index in [0.717, 1.165) is 48.7 Å². The lowest BCUT2D eigenvalue weighted by Gasteiger charge is -2.32. The topological polar surface area (TPSA) is 45.2 Å². The fourth-order valence-corrected chi connectivity index (χ4v) is 4.63. The van der Waals surface area contributed by atoms with Crippen LogP contribution in [0.4, 0.5) is 0 Å². The van der Waals surface area contributed by atoms with Crippen molar-refractivity contribution in [3.8, 4) is 11.3 Å². The molecule has 0 spiro atoms. The normalized spacial score (nSPS) is 16.4. The highest BCUT2D eigenvalue weighted by Crippen LogP contribution is 2.27. The average molecular weight is 406 g/mol. The molecular weight excluding hydrogens is 378 g/mol. The fourth-order valence-electron chi connectivity index (χ4n) is 3.74. The molecule has 0 saturated carbocycles. The lowest BCUT2D eigenvalue weighted by Crippen LogP contribution is -2.45. The molecule has 0 radical (unpaired) electrons. The van der Waals surface area contributed by atoms with Gasteiger partial charge in [-0.05, 0) is 25.3 Å². The second-order valence-electron chi connectivity index (χ2n) is 7.70. The third-order valence-electron chi connectivity index (χ3n) is 5.54. The molecule has 1 atom stereocenters. The third-order valence-corrected chi connectivity index (χ3v) is 6.57. The standard InChI is InChI=1S/C24H27N3OS/c1-18(24-26-22(17-29-24)20-10-6-3-7-11-20)23(28)25-21-12-14-27(15-13-21)16-19-8-4-2-5-9-19/h2-11,17-18,21H,12-16H2,1H3,(H,25,28). The number of rotatable bonds is 6. The van der Waals surface area contributed by atoms with Gasteiger partial charge in [-0.2, -0.15) is 0 Å². The summed E-state index contributed by atoms with van der Waals surface area (Å²) in [6.07, 6.45) is 2.00. The summed E-state index contributed by atoms with van der Waals surface area (Å²) in [6, 6.07) is 20.9. The van der Waals surface area contributed by atoms with Gasteiger partial charge in [-0.25, -0.2) is 4.98 Å². The number of likely N-dealkylation sites (tertiary alicyclic amines) is 1. The van der Waals surface area contributed by atoms with Crippen molar-refractivity contribution in [1.82, 2.24) is 15.2 Å². The molecule has 1 unspecified atom stereocenters. The van der Waals surface area contributed by atoms with Crippen molar-refractivity contribution in [1.29, 1.82) is 0 Å². The lowest BCUT2D eigenvalue weighted by molar-refractivity contribution is -0.123. The van der Waals surface area contributed by atoms with Crippen LogP contribution in [0.15, 0.2) is 66.0 Å². The maximum absolute atomic E-state index is 12.8. The van der Waals surface area contributed by atoms with Crippen molar-refractivity contribution in [2.75, 3.05) is 13.1 Å². The zero-order valence-corrected chi connectivity index (χ0v) is 17.6. The Hall–Kier alpha value is -2.50. The van der Waals surface area contributed by atoms with Crippen LogP contribution in [0.1, 0.15) is 36.3 Å². The molecule has 1 saturated heterocycles. The first-order valence-electron chi connectivity index (χ1n) is 10.3. The second-order valence-corrected chi connectivity index (χ2v) is 8.59. The van der Waals surface area contributed by atoms with Crippen LogP contribution in [0.5, 0.6) is 0 Å². The number of hydrogen-bond acceptors (Lipinski definition) is 4. The average Bonchev–Trinajstić information content (AvgIpc) is 3.26. The molecule has 150 valence electrons. The Morgan fingerprint density at radius 1 is 1.10 bits per heavy atom. The van der Waals surface area contributed by atoms with Gasteiger partial charge in [-0.15, -0.1) is 11.3 Å². The van der Waals surface area contributed by atoms with Crippen LogP contribution in [-0.4, -0.2) is 34.9 Å². The van der Waals surface area contributed by atoms with Gasteiger partial charge >= 0.3 is 0 Å². The number of thiazole rings is 1. The summed E-state index contributed by atoms with van der Waals surface area (Å²) in [4.78, 5) is 19.9. The van der Waals surface area contributed by atoms with E-state index in [1.165, 1.54) is 5.56 Å². The first kappa shape index (κ1) is 19.8. The first-order chi connectivity index (χ1) is 14.2. The molecule has 29 heavy (non-hydrogen) atoms. The van der Waals surface area contributed by atoms with Crippen molar-refractivity contribution in [2.24, 2.45) is 0 Å². The van der Waals surface area contributed by atoms with E-state index >= 15 is 0 Å². The maximum Gasteiger partial charge on any atom is 0.229 e. The molecule has 1 fully saturated rings. The first-order valence-corrected chi connectivity index (χ1v) is 11.1. The molecule has 1 amide bonds. The number of hydrogen-bond donors (Lipinski definition) is 1. The number of carbonyl (C=O) groups excluding carboxylic acids is 1. The van der Waals surface area contributed by atoms with Gasteiger partial charge in [0.05, 0.1) is 11.6 Å². The molecule has 2 heterocycles. The van der Waals surface area contributed by atoms with E-state index in [1.807, 2.05) is 42.6 Å². The number of amides is 1. The van der Waals surface area contributed by atoms with E-state index in [0.29, 0.717) is 0 Å². The Morgan fingerprint density at radius 2 is 1.76 bits per heavy atom. The maximum atomic E-state index is 12.8. The Kier molecular flexibility index (Phi) is 6.37. The van der Waals surface area contributed by atoms with Gasteiger partial charge in [0.2, 0.25) is 5.91 Å². The van der Waals surface area contributed by atoms with Gasteiger partial charge < -0.3 is 5.32 Å². The fraction of sp³-hybridized carbons (Fsp3) is 0.333. The van der Waals surface area contributed by atoms with Gasteiger partial charge in [0.15, 0.2) is 0 Å². The molecule has 1 aliphatic rings. The number of aromatic nitrogens is 1. The minimum Gasteiger partial charge on any atom is -0.353 e. The van der Waals surface area contributed by atoms with Crippen LogP contribution in [0.2, 0.25) is 0 Å². The number of piperidine rings is 1. The molecule has 4 rings (SSSR count). The molecule has 1 aliphatic heterocycles. The quantitative estimate of drug-likeness (QED) is 0.647. The Balaban J connectivity index is 1.28. The lowest BCUT2D eigenvalue weighted by atomic mass is 10.0. The van der Waals surface area contributed by atoms with Crippen LogP contribution < -0.4 is 5.32 Å². The molecular formula is C24H27N3OS. The molecule has 0 aliphatic carbocycles. The van der Waals surface area contributed by atoms with E-state index in [1.54, 1.807) is 11.3 Å². The molecule has 4 nitrogen and oxygen atoms in total. The van der Waals surface area contributed by atoms with Crippen LogP contribution >= 0.6 is 11.3 Å². The third kappa shape index (κ3) is 5.11. The molecule has 0 bridgehead atoms. The molecule has 5 heteroatoms. The van der Waals surface area contributed by atoms with E-state index in [2.05, 4.69) is 40.5 Å². The Labute approximate surface area is 176 Å². The predicted molar refractivity (Wildman–Crippen MR) is 119 cm³/mol. The van der Waals surface area contributed by atoms with E-state index in [-0.39, 0.29) is 17.9 Å². The van der Waals surface area contributed by atoms with Crippen molar-refractivity contribution < 1.29 is 4.79 Å². The summed E-state index contributed by atoms with van der Waals surface area (Å²) in [5.41, 5.74) is 3.38. The summed E-state index contributed by atoms with van der Waals surface area (Å²) in [7, 11) is 0. The van der Waals surface area contributed by atoms with Gasteiger partial charge in [-0.3, -0.25) is 9.69 Å². The number of carbonyl (C=O) groups is 1. The van der Waals surface area contributed by atoms with Crippen LogP contribution in [-0.2, 0) is 11.3 Å². The van der Waals surface area contributed by atoms with Crippen molar-refractivity contribution in [2.45, 2.75) is 38.3 Å². The number of benzene rings is 2. The Morgan fingerprint density at radius 3 is 2.45 bits per heavy atom. The highest BCUT2D eigenvalue weighted by Gasteiger charge is 2.25. The summed E-state index contributed by atoms with van der Waals surface area (Å²) in [5, 5.41) is 6.17.